The van der Waals surface area contributed by atoms with Crippen molar-refractivity contribution in [3.63, 3.8) is 0 Å². The molecule has 1 aliphatic rings. The molecular weight excluding hydrogens is 236 g/mol. The first-order valence-electron chi connectivity index (χ1n) is 5.66. The molecule has 5 heteroatoms. The van der Waals surface area contributed by atoms with Crippen molar-refractivity contribution in [2.24, 2.45) is 0 Å². The van der Waals surface area contributed by atoms with Crippen LogP contribution in [-0.4, -0.2) is 39.6 Å². The van der Waals surface area contributed by atoms with E-state index in [2.05, 4.69) is 23.7 Å². The van der Waals surface area contributed by atoms with Gasteiger partial charge in [-0.1, -0.05) is 13.8 Å². The summed E-state index contributed by atoms with van der Waals surface area (Å²) >= 11 is 1.98. The lowest BCUT2D eigenvalue weighted by Gasteiger charge is -2.35. The molecule has 0 saturated carbocycles. The van der Waals surface area contributed by atoms with Gasteiger partial charge in [0.2, 0.25) is 0 Å². The molecule has 1 aromatic rings. The zero-order valence-corrected chi connectivity index (χ0v) is 10.8. The Morgan fingerprint density at radius 3 is 2.53 bits per heavy atom. The number of hydrogen-bond acceptors (Lipinski definition) is 4. The van der Waals surface area contributed by atoms with Crippen LogP contribution >= 0.6 is 11.8 Å². The molecule has 1 fully saturated rings. The van der Waals surface area contributed by atoms with Gasteiger partial charge in [0.1, 0.15) is 5.82 Å². The number of pyridine rings is 1. The number of carbonyl (C=O) groups is 1. The second-order valence-corrected chi connectivity index (χ2v) is 6.25. The quantitative estimate of drug-likeness (QED) is 0.873. The van der Waals surface area contributed by atoms with Gasteiger partial charge < -0.3 is 10.0 Å². The van der Waals surface area contributed by atoms with Crippen LogP contribution in [0.1, 0.15) is 24.2 Å². The topological polar surface area (TPSA) is 53.4 Å². The summed E-state index contributed by atoms with van der Waals surface area (Å²) in [5.74, 6) is -0.0611. The Bertz CT molecular complexity index is 397. The first-order valence-corrected chi connectivity index (χ1v) is 6.60. The molecule has 1 N–H and O–H groups in total. The molecule has 1 aliphatic heterocycles. The van der Waals surface area contributed by atoms with E-state index in [1.807, 2.05) is 11.8 Å². The molecule has 0 radical (unpaired) electrons. The van der Waals surface area contributed by atoms with Crippen molar-refractivity contribution in [2.45, 2.75) is 24.3 Å². The Labute approximate surface area is 105 Å². The summed E-state index contributed by atoms with van der Waals surface area (Å²) in [6.07, 6.45) is 1.43. The van der Waals surface area contributed by atoms with E-state index in [1.54, 1.807) is 12.1 Å². The van der Waals surface area contributed by atoms with Crippen molar-refractivity contribution in [2.75, 3.05) is 18.0 Å². The Balaban J connectivity index is 2.14. The summed E-state index contributed by atoms with van der Waals surface area (Å²) in [5, 5.41) is 9.98. The monoisotopic (exact) mass is 252 g/mol. The number of carboxylic acids is 1. The molecule has 2 unspecified atom stereocenters. The number of aromatic carboxylic acids is 1. The van der Waals surface area contributed by atoms with Crippen LogP contribution in [0.25, 0.3) is 0 Å². The fraction of sp³-hybridized carbons (Fsp3) is 0.500. The molecule has 0 aromatic carbocycles. The predicted octanol–water partition coefficient (Wildman–Crippen LogP) is 2.11. The highest BCUT2D eigenvalue weighted by Crippen LogP contribution is 2.27. The van der Waals surface area contributed by atoms with Crippen LogP contribution in [0.4, 0.5) is 5.82 Å². The maximum Gasteiger partial charge on any atom is 0.337 e. The molecule has 2 atom stereocenters. The molecule has 4 nitrogen and oxygen atoms in total. The van der Waals surface area contributed by atoms with E-state index in [-0.39, 0.29) is 5.56 Å². The first-order chi connectivity index (χ1) is 8.06. The lowest BCUT2D eigenvalue weighted by molar-refractivity contribution is 0.0696. The number of thioether (sulfide) groups is 1. The third-order valence-corrected chi connectivity index (χ3v) is 3.97. The van der Waals surface area contributed by atoms with Gasteiger partial charge in [-0.05, 0) is 12.1 Å². The number of aromatic nitrogens is 1. The number of nitrogens with zero attached hydrogens (tertiary/aromatic N) is 2. The molecule has 2 rings (SSSR count). The highest BCUT2D eigenvalue weighted by Gasteiger charge is 2.23. The highest BCUT2D eigenvalue weighted by molar-refractivity contribution is 8.00. The molecule has 92 valence electrons. The molecular formula is C12H16N2O2S. The fourth-order valence-corrected chi connectivity index (χ4v) is 3.39. The third-order valence-electron chi connectivity index (χ3n) is 2.74. The van der Waals surface area contributed by atoms with Crippen molar-refractivity contribution >= 4 is 23.5 Å². The van der Waals surface area contributed by atoms with E-state index in [0.717, 1.165) is 18.9 Å². The van der Waals surface area contributed by atoms with Crippen LogP contribution in [0.2, 0.25) is 0 Å². The van der Waals surface area contributed by atoms with Crippen LogP contribution in [0, 0.1) is 0 Å². The third kappa shape index (κ3) is 2.91. The van der Waals surface area contributed by atoms with Crippen LogP contribution in [0.5, 0.6) is 0 Å². The number of carboxylic acid groups (broad SMARTS) is 1. The average molecular weight is 252 g/mol. The summed E-state index contributed by atoms with van der Waals surface area (Å²) in [6.45, 7) is 6.35. The summed E-state index contributed by atoms with van der Waals surface area (Å²) in [4.78, 5) is 17.2. The van der Waals surface area contributed by atoms with Crippen molar-refractivity contribution in [1.29, 1.82) is 0 Å². The lowest BCUT2D eigenvalue weighted by Crippen LogP contribution is -2.40. The predicted molar refractivity (Wildman–Crippen MR) is 69.9 cm³/mol. The van der Waals surface area contributed by atoms with E-state index < -0.39 is 5.97 Å². The number of rotatable bonds is 2. The summed E-state index contributed by atoms with van der Waals surface area (Å²) in [6, 6.07) is 3.40. The van der Waals surface area contributed by atoms with Gasteiger partial charge in [-0.3, -0.25) is 0 Å². The maximum absolute atomic E-state index is 10.7. The van der Waals surface area contributed by atoms with E-state index in [4.69, 9.17) is 5.11 Å². The van der Waals surface area contributed by atoms with Gasteiger partial charge in [-0.25, -0.2) is 9.78 Å². The second-order valence-electron chi connectivity index (χ2n) is 4.37. The van der Waals surface area contributed by atoms with E-state index in [0.29, 0.717) is 10.5 Å². The molecule has 0 amide bonds. The maximum atomic E-state index is 10.7. The normalized spacial score (nSPS) is 24.7. The smallest absolute Gasteiger partial charge is 0.337 e. The highest BCUT2D eigenvalue weighted by atomic mass is 32.2. The Morgan fingerprint density at radius 2 is 2.06 bits per heavy atom. The molecule has 0 spiro atoms. The molecule has 0 bridgehead atoms. The van der Waals surface area contributed by atoms with E-state index in [1.165, 1.54) is 6.20 Å². The first kappa shape index (κ1) is 12.2. The van der Waals surface area contributed by atoms with Crippen molar-refractivity contribution in [3.8, 4) is 0 Å². The minimum Gasteiger partial charge on any atom is -0.478 e. The van der Waals surface area contributed by atoms with Gasteiger partial charge in [0, 0.05) is 29.8 Å². The Morgan fingerprint density at radius 1 is 1.41 bits per heavy atom. The minimum atomic E-state index is -0.931. The van der Waals surface area contributed by atoms with Crippen LogP contribution in [0.3, 0.4) is 0 Å². The zero-order chi connectivity index (χ0) is 12.4. The number of hydrogen-bond donors (Lipinski definition) is 1. The summed E-state index contributed by atoms with van der Waals surface area (Å²) in [5.41, 5.74) is 0.237. The molecule has 2 heterocycles. The van der Waals surface area contributed by atoms with Crippen LogP contribution in [0.15, 0.2) is 18.3 Å². The average Bonchev–Trinajstić information content (AvgIpc) is 2.28. The van der Waals surface area contributed by atoms with Crippen LogP contribution < -0.4 is 4.90 Å². The molecule has 1 aromatic heterocycles. The standard InChI is InChI=1S/C12H16N2O2S/c1-8-6-14(7-9(2)17-8)11-4-3-10(5-13-11)12(15)16/h3-5,8-9H,6-7H2,1-2H3,(H,15,16). The largest absolute Gasteiger partial charge is 0.478 e. The van der Waals surface area contributed by atoms with Gasteiger partial charge in [0.25, 0.3) is 0 Å². The molecule has 1 saturated heterocycles. The van der Waals surface area contributed by atoms with Crippen molar-refractivity contribution in [1.82, 2.24) is 4.98 Å². The minimum absolute atomic E-state index is 0.237. The van der Waals surface area contributed by atoms with Gasteiger partial charge in [0.15, 0.2) is 0 Å². The van der Waals surface area contributed by atoms with Crippen LogP contribution in [-0.2, 0) is 0 Å². The molecule has 0 aliphatic carbocycles. The Kier molecular flexibility index (Phi) is 3.57. The lowest BCUT2D eigenvalue weighted by atomic mass is 10.2. The number of anilines is 1. The summed E-state index contributed by atoms with van der Waals surface area (Å²) < 4.78 is 0. The van der Waals surface area contributed by atoms with Gasteiger partial charge in [0.05, 0.1) is 5.56 Å². The van der Waals surface area contributed by atoms with E-state index >= 15 is 0 Å². The Hall–Kier alpha value is -1.23. The SMILES string of the molecule is CC1CN(c2ccc(C(=O)O)cn2)CC(C)S1. The van der Waals surface area contributed by atoms with E-state index in [9.17, 15) is 4.79 Å². The van der Waals surface area contributed by atoms with Crippen molar-refractivity contribution in [3.05, 3.63) is 23.9 Å². The van der Waals surface area contributed by atoms with Gasteiger partial charge in [-0.2, -0.15) is 11.8 Å². The fourth-order valence-electron chi connectivity index (χ4n) is 2.06. The molecule has 17 heavy (non-hydrogen) atoms. The summed E-state index contributed by atoms with van der Waals surface area (Å²) in [7, 11) is 0. The van der Waals surface area contributed by atoms with Gasteiger partial charge in [-0.15, -0.1) is 0 Å². The van der Waals surface area contributed by atoms with Gasteiger partial charge >= 0.3 is 5.97 Å². The zero-order valence-electron chi connectivity index (χ0n) is 9.96. The second kappa shape index (κ2) is 4.96. The van der Waals surface area contributed by atoms with Crippen molar-refractivity contribution < 1.29 is 9.90 Å².